The van der Waals surface area contributed by atoms with E-state index < -0.39 is 0 Å². The van der Waals surface area contributed by atoms with Crippen LogP contribution in [0.25, 0.3) is 0 Å². The number of nitrogens with zero attached hydrogens (tertiary/aromatic N) is 3. The Balaban J connectivity index is 2.96. The van der Waals surface area contributed by atoms with Crippen LogP contribution in [0.15, 0.2) is 0 Å². The number of carbonyl (C=O) groups is 1. The molecule has 0 aliphatic rings. The Bertz CT molecular complexity index is 453. The van der Waals surface area contributed by atoms with Crippen LogP contribution in [-0.4, -0.2) is 34.8 Å². The molecule has 20 heavy (non-hydrogen) atoms. The molecule has 1 heterocycles. The topological polar surface area (TPSA) is 76.2 Å². The van der Waals surface area contributed by atoms with E-state index >= 15 is 0 Å². The summed E-state index contributed by atoms with van der Waals surface area (Å²) in [6.07, 6.45) is 0.976. The minimum Gasteiger partial charge on any atom is -0.394 e. The summed E-state index contributed by atoms with van der Waals surface area (Å²) in [6.45, 7) is 11.7. The van der Waals surface area contributed by atoms with Gasteiger partial charge in [-0.1, -0.05) is 6.92 Å². The van der Waals surface area contributed by atoms with Gasteiger partial charge in [0, 0.05) is 19.1 Å². The third kappa shape index (κ3) is 3.88. The van der Waals surface area contributed by atoms with Crippen molar-refractivity contribution in [2.24, 2.45) is 0 Å². The Morgan fingerprint density at radius 2 is 2.10 bits per heavy atom. The fraction of sp³-hybridized carbons (Fsp3) is 0.714. The van der Waals surface area contributed by atoms with Crippen LogP contribution in [0.5, 0.6) is 0 Å². The summed E-state index contributed by atoms with van der Waals surface area (Å²) in [5.41, 5.74) is 7.61. The molecule has 1 aromatic heterocycles. The summed E-state index contributed by atoms with van der Waals surface area (Å²) in [5.74, 6) is 0.855. The highest BCUT2D eigenvalue weighted by atomic mass is 16.2. The fourth-order valence-electron chi connectivity index (χ4n) is 2.16. The smallest absolute Gasteiger partial charge is 0.239 e. The van der Waals surface area contributed by atoms with Crippen LogP contribution in [0.2, 0.25) is 0 Å². The van der Waals surface area contributed by atoms with Crippen molar-refractivity contribution in [2.75, 3.05) is 23.7 Å². The number of amides is 1. The van der Waals surface area contributed by atoms with E-state index in [0.29, 0.717) is 18.8 Å². The zero-order valence-corrected chi connectivity index (χ0v) is 13.2. The molecule has 0 aromatic carbocycles. The van der Waals surface area contributed by atoms with Crippen LogP contribution < -0.4 is 16.0 Å². The van der Waals surface area contributed by atoms with Crippen LogP contribution in [0.4, 0.5) is 11.5 Å². The zero-order chi connectivity index (χ0) is 15.3. The summed E-state index contributed by atoms with van der Waals surface area (Å²) in [7, 11) is 0. The maximum Gasteiger partial charge on any atom is 0.239 e. The molecule has 1 amide bonds. The number of hydrogen-bond donors (Lipinski definition) is 2. The van der Waals surface area contributed by atoms with Crippen LogP contribution in [0.3, 0.4) is 0 Å². The van der Waals surface area contributed by atoms with Crippen LogP contribution in [0, 0.1) is 6.92 Å². The van der Waals surface area contributed by atoms with Gasteiger partial charge < -0.3 is 16.0 Å². The predicted molar refractivity (Wildman–Crippen MR) is 82.8 cm³/mol. The summed E-state index contributed by atoms with van der Waals surface area (Å²) in [4.78, 5) is 13.9. The highest BCUT2D eigenvalue weighted by Gasteiger charge is 2.20. The zero-order valence-electron chi connectivity index (χ0n) is 13.2. The summed E-state index contributed by atoms with van der Waals surface area (Å²) < 4.78 is 1.90. The van der Waals surface area contributed by atoms with E-state index in [9.17, 15) is 4.79 Å². The maximum atomic E-state index is 12.0. The summed E-state index contributed by atoms with van der Waals surface area (Å²) >= 11 is 0. The van der Waals surface area contributed by atoms with Crippen molar-refractivity contribution in [3.8, 4) is 0 Å². The van der Waals surface area contributed by atoms with Gasteiger partial charge in [0.1, 0.15) is 0 Å². The standard InChI is InChI=1S/C14H27N5O/c1-6-8-19-14(13(15)11(5)17-19)18(7-2)9-12(20)16-10(3)4/h10H,6-9,15H2,1-5H3,(H,16,20). The third-order valence-corrected chi connectivity index (χ3v) is 3.05. The molecule has 0 unspecified atom stereocenters. The molecule has 0 atom stereocenters. The summed E-state index contributed by atoms with van der Waals surface area (Å²) in [6, 6.07) is 0.140. The van der Waals surface area contributed by atoms with E-state index in [1.54, 1.807) is 0 Å². The molecule has 1 rings (SSSR count). The lowest BCUT2D eigenvalue weighted by Crippen LogP contribution is -2.41. The van der Waals surface area contributed by atoms with Gasteiger partial charge in [0.05, 0.1) is 17.9 Å². The van der Waals surface area contributed by atoms with Gasteiger partial charge in [0.25, 0.3) is 0 Å². The average Bonchev–Trinajstić information content (AvgIpc) is 2.62. The first-order valence-corrected chi connectivity index (χ1v) is 7.27. The molecule has 0 aliphatic carbocycles. The lowest BCUT2D eigenvalue weighted by Gasteiger charge is -2.24. The number of nitrogen functional groups attached to an aromatic ring is 1. The molecule has 6 nitrogen and oxygen atoms in total. The molecule has 0 bridgehead atoms. The Morgan fingerprint density at radius 3 is 2.60 bits per heavy atom. The SMILES string of the molecule is CCCn1nc(C)c(N)c1N(CC)CC(=O)NC(C)C. The van der Waals surface area contributed by atoms with Crippen molar-refractivity contribution in [3.63, 3.8) is 0 Å². The number of aryl methyl sites for hydroxylation is 2. The van der Waals surface area contributed by atoms with Crippen LogP contribution >= 0.6 is 0 Å². The molecule has 114 valence electrons. The first-order valence-electron chi connectivity index (χ1n) is 7.27. The van der Waals surface area contributed by atoms with E-state index in [2.05, 4.69) is 17.3 Å². The highest BCUT2D eigenvalue weighted by molar-refractivity contribution is 5.82. The predicted octanol–water partition coefficient (Wildman–Crippen LogP) is 1.53. The van der Waals surface area contributed by atoms with Gasteiger partial charge in [-0.05, 0) is 34.1 Å². The largest absolute Gasteiger partial charge is 0.394 e. The minimum atomic E-state index is 0.00292. The number of rotatable bonds is 7. The number of nitrogens with one attached hydrogen (secondary N) is 1. The minimum absolute atomic E-state index is 0.00292. The Labute approximate surface area is 121 Å². The second kappa shape index (κ2) is 7.17. The van der Waals surface area contributed by atoms with Crippen molar-refractivity contribution in [3.05, 3.63) is 5.69 Å². The van der Waals surface area contributed by atoms with Gasteiger partial charge >= 0.3 is 0 Å². The van der Waals surface area contributed by atoms with Crippen molar-refractivity contribution < 1.29 is 4.79 Å². The molecule has 0 fully saturated rings. The molecule has 6 heteroatoms. The van der Waals surface area contributed by atoms with E-state index in [-0.39, 0.29) is 11.9 Å². The lowest BCUT2D eigenvalue weighted by molar-refractivity contribution is -0.120. The van der Waals surface area contributed by atoms with Gasteiger partial charge in [-0.2, -0.15) is 5.10 Å². The van der Waals surface area contributed by atoms with Crippen molar-refractivity contribution in [1.82, 2.24) is 15.1 Å². The second-order valence-corrected chi connectivity index (χ2v) is 5.28. The van der Waals surface area contributed by atoms with Crippen molar-refractivity contribution >= 4 is 17.4 Å². The second-order valence-electron chi connectivity index (χ2n) is 5.28. The monoisotopic (exact) mass is 281 g/mol. The van der Waals surface area contributed by atoms with E-state index in [1.165, 1.54) is 0 Å². The number of carbonyl (C=O) groups excluding carboxylic acids is 1. The molecule has 1 aromatic rings. The van der Waals surface area contributed by atoms with Gasteiger partial charge in [0.2, 0.25) is 5.91 Å². The number of anilines is 2. The molecule has 0 saturated carbocycles. The molecule has 3 N–H and O–H groups in total. The number of aromatic nitrogens is 2. The Kier molecular flexibility index (Phi) is 5.85. The fourth-order valence-corrected chi connectivity index (χ4v) is 2.16. The van der Waals surface area contributed by atoms with Crippen molar-refractivity contribution in [2.45, 2.75) is 53.6 Å². The molecular weight excluding hydrogens is 254 g/mol. The van der Waals surface area contributed by atoms with Gasteiger partial charge in [-0.15, -0.1) is 0 Å². The number of likely N-dealkylation sites (N-methyl/N-ethyl adjacent to an activating group) is 1. The highest BCUT2D eigenvalue weighted by Crippen LogP contribution is 2.26. The van der Waals surface area contributed by atoms with E-state index in [0.717, 1.165) is 24.5 Å². The molecule has 0 saturated heterocycles. The molecule has 0 aliphatic heterocycles. The molecular formula is C14H27N5O. The quantitative estimate of drug-likeness (QED) is 0.795. The van der Waals surface area contributed by atoms with Gasteiger partial charge in [0.15, 0.2) is 5.82 Å². The number of hydrogen-bond acceptors (Lipinski definition) is 4. The van der Waals surface area contributed by atoms with E-state index in [4.69, 9.17) is 5.73 Å². The lowest BCUT2D eigenvalue weighted by atomic mass is 10.3. The first-order chi connectivity index (χ1) is 9.40. The molecule has 0 radical (unpaired) electrons. The normalized spacial score (nSPS) is 10.9. The van der Waals surface area contributed by atoms with Gasteiger partial charge in [-0.25, -0.2) is 4.68 Å². The number of nitrogens with two attached hydrogens (primary N) is 1. The van der Waals surface area contributed by atoms with Crippen LogP contribution in [0.1, 0.15) is 39.8 Å². The van der Waals surface area contributed by atoms with Gasteiger partial charge in [-0.3, -0.25) is 4.79 Å². The van der Waals surface area contributed by atoms with Crippen molar-refractivity contribution in [1.29, 1.82) is 0 Å². The Morgan fingerprint density at radius 1 is 1.45 bits per heavy atom. The molecule has 0 spiro atoms. The first kappa shape index (κ1) is 16.3. The summed E-state index contributed by atoms with van der Waals surface area (Å²) in [5, 5.41) is 7.36. The average molecular weight is 281 g/mol. The van der Waals surface area contributed by atoms with Crippen LogP contribution in [-0.2, 0) is 11.3 Å². The third-order valence-electron chi connectivity index (χ3n) is 3.05. The Hall–Kier alpha value is -1.72. The maximum absolute atomic E-state index is 12.0. The van der Waals surface area contributed by atoms with E-state index in [1.807, 2.05) is 37.3 Å².